The average Bonchev–Trinajstić information content (AvgIpc) is 3.59. The van der Waals surface area contributed by atoms with Crippen molar-refractivity contribution < 1.29 is 8.42 Å². The number of hydrazone groups is 1. The fourth-order valence-electron chi connectivity index (χ4n) is 5.30. The Hall–Kier alpha value is -4.77. The summed E-state index contributed by atoms with van der Waals surface area (Å²) in [5, 5.41) is 8.10. The van der Waals surface area contributed by atoms with Crippen LogP contribution in [-0.4, -0.2) is 36.1 Å². The lowest BCUT2D eigenvalue weighted by molar-refractivity contribution is 0.601. The number of para-hydroxylation sites is 1. The third-order valence-electron chi connectivity index (χ3n) is 7.27. The van der Waals surface area contributed by atoms with Gasteiger partial charge in [-0.25, -0.2) is 23.1 Å². The van der Waals surface area contributed by atoms with Gasteiger partial charge in [0, 0.05) is 33.7 Å². The van der Waals surface area contributed by atoms with E-state index in [0.29, 0.717) is 27.4 Å². The number of nitrogens with one attached hydrogen (secondary N) is 1. The lowest BCUT2D eigenvalue weighted by Crippen LogP contribution is -2.35. The predicted molar refractivity (Wildman–Crippen MR) is 174 cm³/mol. The fourth-order valence-corrected chi connectivity index (χ4v) is 6.78. The zero-order chi connectivity index (χ0) is 30.3. The summed E-state index contributed by atoms with van der Waals surface area (Å²) < 4.78 is 28.6. The quantitative estimate of drug-likeness (QED) is 0.210. The Morgan fingerprint density at radius 3 is 2.11 bits per heavy atom. The molecule has 0 saturated carbocycles. The van der Waals surface area contributed by atoms with Crippen LogP contribution in [0.15, 0.2) is 137 Å². The smallest absolute Gasteiger partial charge is 0.264 e. The third-order valence-corrected chi connectivity index (χ3v) is 9.18. The van der Waals surface area contributed by atoms with Gasteiger partial charge in [-0.15, -0.1) is 0 Å². The van der Waals surface area contributed by atoms with Crippen molar-refractivity contribution in [2.45, 2.75) is 17.0 Å². The lowest BCUT2D eigenvalue weighted by Gasteiger charge is -2.27. The van der Waals surface area contributed by atoms with Gasteiger partial charge in [-0.05, 0) is 60.2 Å². The molecule has 44 heavy (non-hydrogen) atoms. The number of rotatable bonds is 7. The van der Waals surface area contributed by atoms with E-state index >= 15 is 0 Å². The molecule has 0 amide bonds. The zero-order valence-corrected chi connectivity index (χ0v) is 25.2. The lowest BCUT2D eigenvalue weighted by atomic mass is 9.99. The minimum absolute atomic E-state index is 0.00863. The molecular formula is C32H23Cl2N7O2S. The monoisotopic (exact) mass is 639 g/mol. The first-order valence-corrected chi connectivity index (χ1v) is 15.8. The molecule has 2 unspecified atom stereocenters. The first-order valence-electron chi connectivity index (χ1n) is 13.6. The van der Waals surface area contributed by atoms with E-state index in [1.807, 2.05) is 82.7 Å². The van der Waals surface area contributed by atoms with Gasteiger partial charge in [-0.2, -0.15) is 5.10 Å². The maximum atomic E-state index is 13.1. The summed E-state index contributed by atoms with van der Waals surface area (Å²) in [6, 6.07) is 32.4. The minimum Gasteiger partial charge on any atom is -0.279 e. The maximum absolute atomic E-state index is 13.1. The van der Waals surface area contributed by atoms with Crippen LogP contribution in [0.5, 0.6) is 0 Å². The summed E-state index contributed by atoms with van der Waals surface area (Å²) in [4.78, 5) is 15.2. The molecule has 3 heterocycles. The number of aliphatic imine (C=N–C) groups is 1. The zero-order valence-electron chi connectivity index (χ0n) is 22.9. The summed E-state index contributed by atoms with van der Waals surface area (Å²) in [6.45, 7) is 0. The van der Waals surface area contributed by atoms with Gasteiger partial charge >= 0.3 is 0 Å². The molecule has 0 fully saturated rings. The van der Waals surface area contributed by atoms with E-state index in [1.54, 1.807) is 24.3 Å². The van der Waals surface area contributed by atoms with E-state index in [0.717, 1.165) is 16.8 Å². The van der Waals surface area contributed by atoms with Gasteiger partial charge in [0.1, 0.15) is 17.9 Å². The molecule has 2 atom stereocenters. The van der Waals surface area contributed by atoms with Crippen molar-refractivity contribution in [3.63, 3.8) is 0 Å². The predicted octanol–water partition coefficient (Wildman–Crippen LogP) is 6.79. The number of benzene rings is 4. The largest absolute Gasteiger partial charge is 0.279 e. The number of fused-ring (bicyclic) bond motifs is 1. The van der Waals surface area contributed by atoms with Crippen LogP contribution in [0.4, 0.5) is 17.3 Å². The highest BCUT2D eigenvalue weighted by molar-refractivity contribution is 7.92. The van der Waals surface area contributed by atoms with E-state index in [2.05, 4.69) is 14.7 Å². The minimum atomic E-state index is -3.92. The van der Waals surface area contributed by atoms with Gasteiger partial charge in [-0.1, -0.05) is 77.8 Å². The third kappa shape index (κ3) is 5.17. The van der Waals surface area contributed by atoms with Crippen LogP contribution in [0.2, 0.25) is 10.0 Å². The Kier molecular flexibility index (Phi) is 7.25. The van der Waals surface area contributed by atoms with Crippen LogP contribution in [0.25, 0.3) is 0 Å². The number of amidine groups is 2. The molecular weight excluding hydrogens is 617 g/mol. The number of hydrogen-bond acceptors (Lipinski definition) is 8. The Morgan fingerprint density at radius 1 is 0.750 bits per heavy atom. The van der Waals surface area contributed by atoms with Crippen LogP contribution in [0.3, 0.4) is 0 Å². The van der Waals surface area contributed by atoms with Gasteiger partial charge in [0.25, 0.3) is 10.0 Å². The Morgan fingerprint density at radius 2 is 1.43 bits per heavy atom. The first-order chi connectivity index (χ1) is 21.4. The standard InChI is InChI=1S/C32H23Cl2N7O2S/c33-22-12-17-26(27(34)20-22)29-28-31(38-41(29)24-10-5-2-6-11-24)40(30(37-28)21-8-3-1-4-9-21)23-13-15-25(16-14-23)44(42,43)39-32-35-18-7-19-36-32/h1-20,28-29H,(H,35,36,39). The second kappa shape index (κ2) is 11.4. The van der Waals surface area contributed by atoms with E-state index < -0.39 is 16.1 Å². The Bertz CT molecular complexity index is 1990. The molecule has 2 aliphatic rings. The number of halogens is 2. The Balaban J connectivity index is 1.32. The fraction of sp³-hybridized carbons (Fsp3) is 0.0625. The number of nitrogens with zero attached hydrogens (tertiary/aromatic N) is 6. The summed E-state index contributed by atoms with van der Waals surface area (Å²) in [6.07, 6.45) is 2.93. The van der Waals surface area contributed by atoms with Crippen LogP contribution in [-0.2, 0) is 10.0 Å². The van der Waals surface area contributed by atoms with Crippen molar-refractivity contribution >= 4 is 62.2 Å². The molecule has 0 spiro atoms. The second-order valence-corrected chi connectivity index (χ2v) is 12.5. The van der Waals surface area contributed by atoms with Crippen molar-refractivity contribution in [1.82, 2.24) is 9.97 Å². The van der Waals surface area contributed by atoms with Crippen LogP contribution in [0.1, 0.15) is 17.2 Å². The van der Waals surface area contributed by atoms with Gasteiger partial charge in [-0.3, -0.25) is 14.9 Å². The van der Waals surface area contributed by atoms with Crippen molar-refractivity contribution in [3.05, 3.63) is 143 Å². The highest BCUT2D eigenvalue weighted by Gasteiger charge is 2.48. The molecule has 5 aromatic rings. The van der Waals surface area contributed by atoms with Crippen LogP contribution < -0.4 is 14.6 Å². The molecule has 4 aromatic carbocycles. The number of anilines is 3. The summed E-state index contributed by atoms with van der Waals surface area (Å²) in [7, 11) is -3.92. The van der Waals surface area contributed by atoms with Gasteiger partial charge in [0.05, 0.1) is 10.6 Å². The normalized spacial score (nSPS) is 17.7. The van der Waals surface area contributed by atoms with Crippen LogP contribution >= 0.6 is 23.2 Å². The molecule has 0 aliphatic carbocycles. The van der Waals surface area contributed by atoms with Crippen LogP contribution in [0, 0.1) is 0 Å². The summed E-state index contributed by atoms with van der Waals surface area (Å²) in [5.41, 5.74) is 3.28. The molecule has 1 aromatic heterocycles. The van der Waals surface area contributed by atoms with E-state index in [-0.39, 0.29) is 16.9 Å². The van der Waals surface area contributed by atoms with Gasteiger partial charge in [0.15, 0.2) is 5.84 Å². The highest BCUT2D eigenvalue weighted by Crippen LogP contribution is 2.44. The molecule has 7 rings (SSSR count). The maximum Gasteiger partial charge on any atom is 0.264 e. The summed E-state index contributed by atoms with van der Waals surface area (Å²) in [5.74, 6) is 1.35. The molecule has 0 saturated heterocycles. The molecule has 0 radical (unpaired) electrons. The number of aromatic nitrogens is 2. The molecule has 1 N–H and O–H groups in total. The van der Waals surface area contributed by atoms with Crippen molar-refractivity contribution in [1.29, 1.82) is 0 Å². The SMILES string of the molecule is O=S(=O)(Nc1ncccn1)c1ccc(N2C(c3ccccc3)=NC3C2=NN(c2ccccc2)C3c2ccc(Cl)cc2Cl)cc1. The average molecular weight is 641 g/mol. The summed E-state index contributed by atoms with van der Waals surface area (Å²) >= 11 is 13.0. The topological polar surface area (TPSA) is 103 Å². The van der Waals surface area contributed by atoms with E-state index in [4.69, 9.17) is 33.3 Å². The van der Waals surface area contributed by atoms with Crippen molar-refractivity contribution in [2.75, 3.05) is 14.6 Å². The second-order valence-electron chi connectivity index (χ2n) is 10.0. The highest BCUT2D eigenvalue weighted by atomic mass is 35.5. The Labute approximate surface area is 264 Å². The first kappa shape index (κ1) is 28.0. The molecule has 12 heteroatoms. The van der Waals surface area contributed by atoms with E-state index in [1.165, 1.54) is 24.5 Å². The van der Waals surface area contributed by atoms with Gasteiger partial charge in [0.2, 0.25) is 5.95 Å². The van der Waals surface area contributed by atoms with E-state index in [9.17, 15) is 8.42 Å². The number of sulfonamides is 1. The van der Waals surface area contributed by atoms with Crippen molar-refractivity contribution in [2.24, 2.45) is 10.1 Å². The molecule has 9 nitrogen and oxygen atoms in total. The molecule has 0 bridgehead atoms. The molecule has 2 aliphatic heterocycles. The van der Waals surface area contributed by atoms with Crippen molar-refractivity contribution in [3.8, 4) is 0 Å². The number of hydrogen-bond donors (Lipinski definition) is 1. The van der Waals surface area contributed by atoms with Gasteiger partial charge < -0.3 is 0 Å². The molecule has 218 valence electrons.